The van der Waals surface area contributed by atoms with Gasteiger partial charge in [0.25, 0.3) is 0 Å². The molecule has 0 aromatic carbocycles. The molecule has 2 heterocycles. The molecule has 0 spiro atoms. The van der Waals surface area contributed by atoms with Crippen LogP contribution in [0.3, 0.4) is 0 Å². The van der Waals surface area contributed by atoms with Gasteiger partial charge in [-0.2, -0.15) is 13.2 Å². The average Bonchev–Trinajstić information content (AvgIpc) is 2.64. The first-order chi connectivity index (χ1) is 12.8. The minimum absolute atomic E-state index is 0.0177. The molecule has 3 rings (SSSR count). The molecule has 1 aromatic rings. The summed E-state index contributed by atoms with van der Waals surface area (Å²) < 4.78 is 44.7. The quantitative estimate of drug-likeness (QED) is 0.854. The van der Waals surface area contributed by atoms with Gasteiger partial charge in [-0.1, -0.05) is 6.42 Å². The minimum atomic E-state index is -4.18. The van der Waals surface area contributed by atoms with Crippen molar-refractivity contribution in [1.82, 2.24) is 15.2 Å². The minimum Gasteiger partial charge on any atom is -0.490 e. The number of amides is 2. The van der Waals surface area contributed by atoms with Crippen molar-refractivity contribution < 1.29 is 22.7 Å². The fourth-order valence-electron chi connectivity index (χ4n) is 3.83. The monoisotopic (exact) mass is 385 g/mol. The molecule has 1 aromatic heterocycles. The molecule has 1 saturated carbocycles. The molecule has 0 bridgehead atoms. The van der Waals surface area contributed by atoms with Crippen molar-refractivity contribution in [2.24, 2.45) is 5.92 Å². The second-order valence-electron chi connectivity index (χ2n) is 7.50. The molecular weight excluding hydrogens is 359 g/mol. The van der Waals surface area contributed by atoms with E-state index in [1.165, 1.54) is 0 Å². The van der Waals surface area contributed by atoms with Gasteiger partial charge in [-0.25, -0.2) is 4.79 Å². The molecule has 5 nitrogen and oxygen atoms in total. The maximum absolute atomic E-state index is 12.9. The van der Waals surface area contributed by atoms with E-state index < -0.39 is 18.1 Å². The highest BCUT2D eigenvalue weighted by Gasteiger charge is 2.42. The number of nitrogens with one attached hydrogen (secondary N) is 1. The van der Waals surface area contributed by atoms with Gasteiger partial charge >= 0.3 is 12.2 Å². The maximum atomic E-state index is 12.9. The lowest BCUT2D eigenvalue weighted by atomic mass is 9.85. The normalized spacial score (nSPS) is 24.5. The van der Waals surface area contributed by atoms with Crippen molar-refractivity contribution in [3.05, 3.63) is 24.0 Å². The molecule has 2 aliphatic rings. The summed E-state index contributed by atoms with van der Waals surface area (Å²) in [6.45, 7) is 3.01. The molecule has 2 unspecified atom stereocenters. The Morgan fingerprint density at radius 3 is 2.67 bits per heavy atom. The van der Waals surface area contributed by atoms with Crippen molar-refractivity contribution in [1.29, 1.82) is 0 Å². The number of piperidine rings is 1. The number of ether oxygens (including phenoxy) is 1. The summed E-state index contributed by atoms with van der Waals surface area (Å²) in [6.07, 6.45) is 1.93. The number of carbonyl (C=O) groups is 1. The molecular formula is C19H26F3N3O2. The second-order valence-corrected chi connectivity index (χ2v) is 7.50. The van der Waals surface area contributed by atoms with Crippen LogP contribution in [0.5, 0.6) is 5.75 Å². The molecule has 27 heavy (non-hydrogen) atoms. The fraction of sp³-hybridized carbons (Fsp3) is 0.684. The zero-order valence-electron chi connectivity index (χ0n) is 15.5. The molecule has 1 aliphatic carbocycles. The van der Waals surface area contributed by atoms with E-state index in [4.69, 9.17) is 4.74 Å². The zero-order chi connectivity index (χ0) is 19.4. The van der Waals surface area contributed by atoms with Crippen LogP contribution < -0.4 is 10.1 Å². The number of aromatic nitrogens is 1. The first-order valence-corrected chi connectivity index (χ1v) is 9.52. The summed E-state index contributed by atoms with van der Waals surface area (Å²) in [5.74, 6) is -0.507. The zero-order valence-corrected chi connectivity index (χ0v) is 15.5. The van der Waals surface area contributed by atoms with Gasteiger partial charge in [0.15, 0.2) is 0 Å². The molecule has 1 aliphatic heterocycles. The van der Waals surface area contributed by atoms with Crippen molar-refractivity contribution in [2.45, 2.75) is 63.8 Å². The highest BCUT2D eigenvalue weighted by molar-refractivity contribution is 5.74. The van der Waals surface area contributed by atoms with Crippen LogP contribution in [0.25, 0.3) is 0 Å². The van der Waals surface area contributed by atoms with Crippen LogP contribution in [0.15, 0.2) is 18.5 Å². The van der Waals surface area contributed by atoms with Crippen molar-refractivity contribution in [3.8, 4) is 5.75 Å². The van der Waals surface area contributed by atoms with Gasteiger partial charge in [0.05, 0.1) is 5.92 Å². The number of rotatable bonds is 3. The SMILES string of the molecule is Cc1cnccc1OC1CCN(C(=O)NC2CCCC(C(F)(F)F)C2)CC1. The van der Waals surface area contributed by atoms with E-state index in [1.54, 1.807) is 17.3 Å². The van der Waals surface area contributed by atoms with Crippen LogP contribution in [0, 0.1) is 12.8 Å². The summed E-state index contributed by atoms with van der Waals surface area (Å²) >= 11 is 0. The van der Waals surface area contributed by atoms with Crippen molar-refractivity contribution in [3.63, 3.8) is 0 Å². The third-order valence-corrected chi connectivity index (χ3v) is 5.46. The predicted molar refractivity (Wildman–Crippen MR) is 94.5 cm³/mol. The van der Waals surface area contributed by atoms with Crippen LogP contribution in [0.1, 0.15) is 44.1 Å². The van der Waals surface area contributed by atoms with E-state index in [-0.39, 0.29) is 25.0 Å². The van der Waals surface area contributed by atoms with Crippen LogP contribution >= 0.6 is 0 Å². The third-order valence-electron chi connectivity index (χ3n) is 5.46. The highest BCUT2D eigenvalue weighted by Crippen LogP contribution is 2.37. The number of halogens is 3. The van der Waals surface area contributed by atoms with Crippen molar-refractivity contribution >= 4 is 6.03 Å². The number of aryl methyl sites for hydroxylation is 1. The van der Waals surface area contributed by atoms with Crippen LogP contribution in [-0.4, -0.2) is 47.3 Å². The number of pyridine rings is 1. The Balaban J connectivity index is 1.45. The topological polar surface area (TPSA) is 54.5 Å². The third kappa shape index (κ3) is 5.26. The smallest absolute Gasteiger partial charge is 0.391 e. The molecule has 2 atom stereocenters. The number of likely N-dealkylation sites (tertiary alicyclic amines) is 1. The number of alkyl halides is 3. The molecule has 1 saturated heterocycles. The van der Waals surface area contributed by atoms with Crippen LogP contribution in [0.2, 0.25) is 0 Å². The van der Waals surface area contributed by atoms with Gasteiger partial charge in [0.1, 0.15) is 11.9 Å². The Morgan fingerprint density at radius 1 is 1.26 bits per heavy atom. The first-order valence-electron chi connectivity index (χ1n) is 9.52. The summed E-state index contributed by atoms with van der Waals surface area (Å²) in [7, 11) is 0. The Morgan fingerprint density at radius 2 is 2.00 bits per heavy atom. The Bertz CT molecular complexity index is 645. The highest BCUT2D eigenvalue weighted by atomic mass is 19.4. The molecule has 0 radical (unpaired) electrons. The largest absolute Gasteiger partial charge is 0.490 e. The Labute approximate surface area is 157 Å². The lowest BCUT2D eigenvalue weighted by Crippen LogP contribution is -2.50. The summed E-state index contributed by atoms with van der Waals surface area (Å²) in [6, 6.07) is 1.17. The number of carbonyl (C=O) groups excluding carboxylic acids is 1. The second kappa shape index (κ2) is 8.35. The lowest BCUT2D eigenvalue weighted by Gasteiger charge is -2.35. The summed E-state index contributed by atoms with van der Waals surface area (Å²) in [5, 5.41) is 2.80. The van der Waals surface area contributed by atoms with E-state index >= 15 is 0 Å². The maximum Gasteiger partial charge on any atom is 0.391 e. The van der Waals surface area contributed by atoms with Gasteiger partial charge < -0.3 is 15.0 Å². The lowest BCUT2D eigenvalue weighted by molar-refractivity contribution is -0.183. The van der Waals surface area contributed by atoms with E-state index in [0.29, 0.717) is 38.8 Å². The van der Waals surface area contributed by atoms with Gasteiger partial charge in [0.2, 0.25) is 0 Å². The van der Waals surface area contributed by atoms with Gasteiger partial charge in [0, 0.05) is 49.9 Å². The average molecular weight is 385 g/mol. The Hall–Kier alpha value is -1.99. The number of hydrogen-bond acceptors (Lipinski definition) is 3. The number of nitrogens with zero attached hydrogens (tertiary/aromatic N) is 2. The van der Waals surface area contributed by atoms with Crippen LogP contribution in [-0.2, 0) is 0 Å². The Kier molecular flexibility index (Phi) is 6.11. The molecule has 2 amide bonds. The number of urea groups is 1. The number of hydrogen-bond donors (Lipinski definition) is 1. The van der Waals surface area contributed by atoms with Gasteiger partial charge in [-0.05, 0) is 32.3 Å². The van der Waals surface area contributed by atoms with E-state index in [0.717, 1.165) is 11.3 Å². The molecule has 8 heteroatoms. The van der Waals surface area contributed by atoms with Gasteiger partial charge in [-0.15, -0.1) is 0 Å². The standard InChI is InChI=1S/C19H26F3N3O2/c1-13-12-23-8-5-17(13)27-16-6-9-25(10-7-16)18(26)24-15-4-2-3-14(11-15)19(20,21)22/h5,8,12,14-16H,2-4,6-7,9-11H2,1H3,(H,24,26). The van der Waals surface area contributed by atoms with Crippen LogP contribution in [0.4, 0.5) is 18.0 Å². The molecule has 2 fully saturated rings. The van der Waals surface area contributed by atoms with Crippen molar-refractivity contribution in [2.75, 3.05) is 13.1 Å². The van der Waals surface area contributed by atoms with Gasteiger partial charge in [-0.3, -0.25) is 4.98 Å². The molecule has 150 valence electrons. The first kappa shape index (κ1) is 19.8. The predicted octanol–water partition coefficient (Wildman–Crippen LogP) is 4.06. The molecule has 1 N–H and O–H groups in total. The fourth-order valence-corrected chi connectivity index (χ4v) is 3.83. The van der Waals surface area contributed by atoms with E-state index in [2.05, 4.69) is 10.3 Å². The van der Waals surface area contributed by atoms with E-state index in [1.807, 2.05) is 13.0 Å². The van der Waals surface area contributed by atoms with E-state index in [9.17, 15) is 18.0 Å². The summed E-state index contributed by atoms with van der Waals surface area (Å²) in [5.41, 5.74) is 0.967. The summed E-state index contributed by atoms with van der Waals surface area (Å²) in [4.78, 5) is 18.1.